The molecule has 18 N–H and O–H groups in total. The monoisotopic (exact) mass is 1770 g/mol. The van der Waals surface area contributed by atoms with Crippen LogP contribution in [0.4, 0.5) is 10.5 Å². The molecule has 6 heterocycles. The molecule has 0 aromatic heterocycles. The van der Waals surface area contributed by atoms with Gasteiger partial charge < -0.3 is 122 Å². The summed E-state index contributed by atoms with van der Waals surface area (Å²) in [6.07, 6.45) is -12.2. The van der Waals surface area contributed by atoms with E-state index in [2.05, 4.69) is 47.9 Å². The van der Waals surface area contributed by atoms with Gasteiger partial charge in [-0.2, -0.15) is 0 Å². The topological polar surface area (TPSA) is 509 Å². The average molecular weight is 1770 g/mol. The molecule has 125 heavy (non-hydrogen) atoms. The minimum absolute atomic E-state index is 0.00468. The summed E-state index contributed by atoms with van der Waals surface area (Å²) in [5.74, 6) is -16.1. The van der Waals surface area contributed by atoms with E-state index < -0.39 is 204 Å². The highest BCUT2D eigenvalue weighted by Crippen LogP contribution is 2.59. The number of halogens is 2. The zero-order valence-corrected chi connectivity index (χ0v) is 71.3. The highest BCUT2D eigenvalue weighted by Gasteiger charge is 2.51. The van der Waals surface area contributed by atoms with Crippen molar-refractivity contribution in [1.29, 1.82) is 0 Å². The summed E-state index contributed by atoms with van der Waals surface area (Å²) in [5, 5.41) is 130. The van der Waals surface area contributed by atoms with Crippen LogP contribution < -0.4 is 76.3 Å². The molecule has 15 bridgehead atoms. The fourth-order valence-corrected chi connectivity index (χ4v) is 18.8. The van der Waals surface area contributed by atoms with E-state index in [1.165, 1.54) is 54.6 Å². The minimum Gasteiger partial charge on any atom is -0.508 e. The Bertz CT molecular complexity index is 4980. The number of ketones is 3. The molecule has 10 aliphatic rings. The van der Waals surface area contributed by atoms with Crippen molar-refractivity contribution in [2.45, 2.75) is 164 Å². The van der Waals surface area contributed by atoms with Crippen molar-refractivity contribution in [1.82, 2.24) is 42.5 Å². The van der Waals surface area contributed by atoms with Crippen molar-refractivity contribution in [2.75, 3.05) is 72.5 Å². The Morgan fingerprint density at radius 2 is 1.20 bits per heavy atom. The third-order valence-electron chi connectivity index (χ3n) is 24.5. The molecule has 1 saturated heterocycles. The van der Waals surface area contributed by atoms with Gasteiger partial charge in [0.2, 0.25) is 47.3 Å². The van der Waals surface area contributed by atoms with Crippen LogP contribution >= 0.6 is 23.2 Å². The smallest absolute Gasteiger partial charge is 0.325 e. The van der Waals surface area contributed by atoms with Gasteiger partial charge in [0.1, 0.15) is 109 Å². The number of aliphatic hydroxyl groups excluding tert-OH is 6. The molecule has 36 heteroatoms. The number of carbonyl (C=O) groups is 9. The second-order valence-corrected chi connectivity index (χ2v) is 34.5. The number of ether oxygens (including phenoxy) is 7. The number of rotatable bonds is 26. The summed E-state index contributed by atoms with van der Waals surface area (Å²) in [7, 11) is 5.15. The maximum atomic E-state index is 16.7. The number of hydrogen-bond donors (Lipinski definition) is 18. The SMILES string of the molecule is CC[C@H](CC(C)C)C(=O)N[C@H]1C(=O)C[C@@H](CC(=O)NC(=O)Nc2cc(OCCNC)c(OCCNC)c(OCCNC)c2)C(=O)N[C@H]2C(=O)C[C@H]3C(=O)N[C@H](C(=O)N[C@H](C(=O)CC4C5CC6CC(C5)CC4C6)c4cc(O)cc(O)c4-c4cc3ccc4O)[C@H](O)c3ccc(c(Cl)c3)Oc3cc2cc(c3O[C@@H]2O[C@H](CO)[C@@H](O)[C@H](O)[C@H]2O)Oc2ccc(cc2Cl)[C@H]1O. The maximum absolute atomic E-state index is 16.7. The number of amides is 7. The van der Waals surface area contributed by atoms with Crippen LogP contribution in [0.1, 0.15) is 149 Å². The number of hydrogen-bond acceptors (Lipinski definition) is 28. The first-order chi connectivity index (χ1) is 59.8. The summed E-state index contributed by atoms with van der Waals surface area (Å²) >= 11 is 14.4. The zero-order valence-electron chi connectivity index (χ0n) is 69.7. The number of urea groups is 1. The first-order valence-corrected chi connectivity index (χ1v) is 42.9. The number of carbonyl (C=O) groups excluding carboxylic acids is 9. The summed E-state index contributed by atoms with van der Waals surface area (Å²) in [6, 6.07) is 8.50. The second kappa shape index (κ2) is 40.4. The van der Waals surface area contributed by atoms with Crippen LogP contribution in [-0.2, 0) is 43.1 Å². The number of phenolic OH excluding ortho intramolecular Hbond substituents is 3. The van der Waals surface area contributed by atoms with Gasteiger partial charge in [0.05, 0.1) is 34.2 Å². The lowest BCUT2D eigenvalue weighted by Crippen LogP contribution is -2.60. The van der Waals surface area contributed by atoms with Crippen molar-refractivity contribution in [3.63, 3.8) is 0 Å². The fraction of sp³-hybridized carbons (Fsp3) is 0.494. The highest BCUT2D eigenvalue weighted by atomic mass is 35.5. The van der Waals surface area contributed by atoms with Gasteiger partial charge in [0, 0.05) is 80.6 Å². The number of phenols is 3. The van der Waals surface area contributed by atoms with Gasteiger partial charge >= 0.3 is 6.03 Å². The Labute approximate surface area is 730 Å². The molecule has 7 amide bonds. The third kappa shape index (κ3) is 21.0. The van der Waals surface area contributed by atoms with Crippen LogP contribution in [0.25, 0.3) is 11.1 Å². The molecule has 0 radical (unpaired) electrons. The quantitative estimate of drug-likeness (QED) is 0.0246. The van der Waals surface area contributed by atoms with Gasteiger partial charge in [-0.3, -0.25) is 43.7 Å². The number of nitrogens with one attached hydrogen (secondary N) is 9. The molecule has 6 aliphatic heterocycles. The Hall–Kier alpha value is -10.5. The summed E-state index contributed by atoms with van der Waals surface area (Å²) in [5.41, 5.74) is -1.71. The zero-order chi connectivity index (χ0) is 89.5. The lowest BCUT2D eigenvalue weighted by atomic mass is 9.51. The van der Waals surface area contributed by atoms with Crippen molar-refractivity contribution >= 4 is 81.8 Å². The van der Waals surface area contributed by atoms with Crippen molar-refractivity contribution in [2.24, 2.45) is 47.3 Å². The number of anilines is 1. The predicted molar refractivity (Wildman–Crippen MR) is 452 cm³/mol. The van der Waals surface area contributed by atoms with E-state index in [1.54, 1.807) is 28.1 Å². The van der Waals surface area contributed by atoms with Gasteiger partial charge in [-0.05, 0) is 184 Å². The van der Waals surface area contributed by atoms with Crippen LogP contribution in [0.15, 0.2) is 91.0 Å². The molecule has 16 rings (SSSR count). The number of imide groups is 1. The number of aromatic hydroxyl groups is 3. The molecular formula is C89H107Cl2N9O25. The van der Waals surface area contributed by atoms with E-state index in [0.717, 1.165) is 68.5 Å². The number of aliphatic hydroxyl groups is 6. The van der Waals surface area contributed by atoms with Gasteiger partial charge in [-0.15, -0.1) is 0 Å². The number of Topliss-reactive ketones (excluding diaryl/α,β-unsaturated/α-hetero) is 3. The van der Waals surface area contributed by atoms with Crippen LogP contribution in [0.5, 0.6) is 63.2 Å². The van der Waals surface area contributed by atoms with Gasteiger partial charge in [-0.1, -0.05) is 62.2 Å². The normalized spacial score (nSPS) is 26.7. The molecular weight excluding hydrogens is 1670 g/mol. The molecule has 672 valence electrons. The van der Waals surface area contributed by atoms with E-state index in [-0.39, 0.29) is 134 Å². The Balaban J connectivity index is 0.980. The first kappa shape index (κ1) is 92.2. The molecule has 6 aromatic carbocycles. The molecule has 4 saturated carbocycles. The van der Waals surface area contributed by atoms with E-state index in [0.29, 0.717) is 37.9 Å². The van der Waals surface area contributed by atoms with Crippen LogP contribution in [0, 0.1) is 47.3 Å². The highest BCUT2D eigenvalue weighted by molar-refractivity contribution is 6.32. The van der Waals surface area contributed by atoms with Crippen LogP contribution in [0.2, 0.25) is 10.0 Å². The minimum atomic E-state index is -2.26. The lowest BCUT2D eigenvalue weighted by molar-refractivity contribution is -0.277. The molecule has 5 fully saturated rings. The molecule has 4 aliphatic carbocycles. The van der Waals surface area contributed by atoms with Crippen LogP contribution in [-0.4, -0.2) is 209 Å². The first-order valence-electron chi connectivity index (χ1n) is 42.1. The van der Waals surface area contributed by atoms with Gasteiger partial charge in [0.15, 0.2) is 40.3 Å². The summed E-state index contributed by atoms with van der Waals surface area (Å²) in [6.45, 7) is 6.05. The number of likely N-dealkylation sites (N-methyl/N-ethyl adjacent to an activating group) is 3. The number of benzene rings is 6. The largest absolute Gasteiger partial charge is 0.508 e. The van der Waals surface area contributed by atoms with E-state index in [1.807, 2.05) is 13.8 Å². The molecule has 14 atom stereocenters. The third-order valence-corrected chi connectivity index (χ3v) is 25.1. The summed E-state index contributed by atoms with van der Waals surface area (Å²) < 4.78 is 44.0. The van der Waals surface area contributed by atoms with Gasteiger partial charge in [-0.25, -0.2) is 4.79 Å². The Morgan fingerprint density at radius 1 is 0.600 bits per heavy atom. The number of fused-ring (bicyclic) bond motifs is 15. The van der Waals surface area contributed by atoms with Crippen molar-refractivity contribution in [3.05, 3.63) is 129 Å². The van der Waals surface area contributed by atoms with Crippen LogP contribution in [0.3, 0.4) is 0 Å². The molecule has 6 aromatic rings. The average Bonchev–Trinajstić information content (AvgIpc) is 0.741. The van der Waals surface area contributed by atoms with E-state index in [9.17, 15) is 60.3 Å². The second-order valence-electron chi connectivity index (χ2n) is 33.7. The Kier molecular flexibility index (Phi) is 29.8. The summed E-state index contributed by atoms with van der Waals surface area (Å²) in [4.78, 5) is 140. The standard InChI is InChI=1S/C89H107Cl2N9O25/c1-7-43(20-40(2)3)84(114)99-75-61(105)29-50(32-71(108)96-89(118)95-51-33-66(119-17-14-92-4)82(121-19-16-94-6)67(34-51)120-18-15-93-5)85(115)97-73-49-30-68(122-64-12-9-45(77(75)109)27-57(64)90)83(125-88-81(113)80(112)79(111)70(39-101)124-88)69(31-49)123-65-13-10-46(28-58(65)91)78(110)76-87(117)98-74(63(107)37-53-47-22-41-21-42(24-47)25-48(53)23-41)56-35-52(102)36-60(104)72(56)55-26-44(8-11-59(55)103)54(38-62(73)106)86(116)100-76/h8-13,26-28,30-31,33-36,40-43,47-48,50,53-54,70,73-81,88,92-94,101-104,109-113H,7,14-25,29,32,37-39H2,1-6H3,(H,97,115)(H,98,117)(H,99,114)(H,100,116)(H2,95,96,108,118)/t41?,42?,43-,47?,48?,50+,53?,54-,70-,73-,74+,75+,76+,77-,78-,79-,80+,81-,88+/m1/s1. The lowest BCUT2D eigenvalue weighted by Gasteiger charge is -2.54. The molecule has 34 nitrogen and oxygen atoms in total. The molecule has 0 spiro atoms. The van der Waals surface area contributed by atoms with E-state index >= 15 is 28.8 Å². The Morgan fingerprint density at radius 3 is 1.78 bits per heavy atom. The predicted octanol–water partition coefficient (Wildman–Crippen LogP) is 6.89. The van der Waals surface area contributed by atoms with Gasteiger partial charge in [0.25, 0.3) is 0 Å². The molecule has 0 unspecified atom stereocenters. The van der Waals surface area contributed by atoms with E-state index in [4.69, 9.17) is 56.4 Å². The van der Waals surface area contributed by atoms with Crippen molar-refractivity contribution in [3.8, 4) is 74.4 Å². The maximum Gasteiger partial charge on any atom is 0.325 e. The van der Waals surface area contributed by atoms with Crippen molar-refractivity contribution < 1.29 is 122 Å². The fourth-order valence-electron chi connectivity index (χ4n) is 18.4.